The van der Waals surface area contributed by atoms with Gasteiger partial charge in [-0.15, -0.1) is 0 Å². The van der Waals surface area contributed by atoms with E-state index in [1.165, 1.54) is 40.7 Å². The van der Waals surface area contributed by atoms with Crippen LogP contribution in [0.15, 0.2) is 47.1 Å². The fourth-order valence-corrected chi connectivity index (χ4v) is 3.58. The molecule has 0 aliphatic heterocycles. The lowest BCUT2D eigenvalue weighted by Gasteiger charge is -2.32. The Balaban J connectivity index is 2.37. The molecule has 0 bridgehead atoms. The SMILES string of the molecule is CCCCNC(C)(C)c1ccccc1C1C(C)=CC(C)=C1C. The highest BCUT2D eigenvalue weighted by Gasteiger charge is 2.29. The summed E-state index contributed by atoms with van der Waals surface area (Å²) in [4.78, 5) is 0. The highest BCUT2D eigenvalue weighted by Crippen LogP contribution is 2.42. The predicted octanol–water partition coefficient (Wildman–Crippen LogP) is 5.69. The molecule has 1 unspecified atom stereocenters. The smallest absolute Gasteiger partial charge is 0.0380 e. The van der Waals surface area contributed by atoms with E-state index in [1.807, 2.05) is 0 Å². The molecule has 1 aliphatic carbocycles. The summed E-state index contributed by atoms with van der Waals surface area (Å²) in [5.74, 6) is 0.448. The molecular weight excluding hydrogens is 266 g/mol. The molecule has 1 aromatic rings. The van der Waals surface area contributed by atoms with E-state index in [2.05, 4.69) is 77.2 Å². The molecule has 0 amide bonds. The fourth-order valence-electron chi connectivity index (χ4n) is 3.58. The van der Waals surface area contributed by atoms with Crippen molar-refractivity contribution in [3.63, 3.8) is 0 Å². The molecule has 1 aliphatic rings. The summed E-state index contributed by atoms with van der Waals surface area (Å²) >= 11 is 0. The summed E-state index contributed by atoms with van der Waals surface area (Å²) in [6.07, 6.45) is 4.80. The van der Waals surface area contributed by atoms with Crippen LogP contribution in [-0.4, -0.2) is 6.54 Å². The number of nitrogens with one attached hydrogen (secondary N) is 1. The number of hydrogen-bond donors (Lipinski definition) is 1. The molecule has 1 atom stereocenters. The maximum Gasteiger partial charge on any atom is 0.0380 e. The second-order valence-corrected chi connectivity index (χ2v) is 7.18. The number of unbranched alkanes of at least 4 members (excludes halogenated alkanes) is 1. The van der Waals surface area contributed by atoms with Crippen LogP contribution in [0.3, 0.4) is 0 Å². The Morgan fingerprint density at radius 3 is 2.36 bits per heavy atom. The molecule has 22 heavy (non-hydrogen) atoms. The van der Waals surface area contributed by atoms with Crippen LogP contribution in [0.4, 0.5) is 0 Å². The van der Waals surface area contributed by atoms with Crippen molar-refractivity contribution in [1.82, 2.24) is 5.32 Å². The van der Waals surface area contributed by atoms with E-state index in [4.69, 9.17) is 0 Å². The molecule has 2 rings (SSSR count). The summed E-state index contributed by atoms with van der Waals surface area (Å²) < 4.78 is 0. The van der Waals surface area contributed by atoms with Crippen LogP contribution >= 0.6 is 0 Å². The minimum absolute atomic E-state index is 0.00280. The van der Waals surface area contributed by atoms with Crippen molar-refractivity contribution in [3.05, 3.63) is 58.2 Å². The topological polar surface area (TPSA) is 12.0 Å². The Kier molecular flexibility index (Phi) is 5.28. The van der Waals surface area contributed by atoms with Gasteiger partial charge in [0.1, 0.15) is 0 Å². The molecule has 0 saturated carbocycles. The largest absolute Gasteiger partial charge is 0.308 e. The fraction of sp³-hybridized carbons (Fsp3) is 0.524. The van der Waals surface area contributed by atoms with E-state index < -0.39 is 0 Å². The maximum absolute atomic E-state index is 3.75. The van der Waals surface area contributed by atoms with Crippen LogP contribution in [0.2, 0.25) is 0 Å². The van der Waals surface area contributed by atoms with Crippen molar-refractivity contribution in [3.8, 4) is 0 Å². The molecule has 0 fully saturated rings. The molecule has 0 heterocycles. The summed E-state index contributed by atoms with van der Waals surface area (Å²) in [6, 6.07) is 8.95. The van der Waals surface area contributed by atoms with Gasteiger partial charge in [-0.2, -0.15) is 0 Å². The monoisotopic (exact) mass is 297 g/mol. The van der Waals surface area contributed by atoms with Crippen LogP contribution in [-0.2, 0) is 5.54 Å². The standard InChI is InChI=1S/C21H31N/c1-7-8-13-22-21(5,6)19-12-10-9-11-18(19)20-16(3)14-15(2)17(20)4/h9-12,14,20,22H,7-8,13H2,1-6H3. The number of rotatable bonds is 6. The van der Waals surface area contributed by atoms with Gasteiger partial charge in [0.25, 0.3) is 0 Å². The van der Waals surface area contributed by atoms with Crippen molar-refractivity contribution < 1.29 is 0 Å². The first-order valence-electron chi connectivity index (χ1n) is 8.58. The molecule has 1 heteroatoms. The first kappa shape index (κ1) is 17.0. The summed E-state index contributed by atoms with van der Waals surface area (Å²) in [6.45, 7) is 14.7. The summed E-state index contributed by atoms with van der Waals surface area (Å²) in [7, 11) is 0. The van der Waals surface area contributed by atoms with Crippen LogP contribution in [0, 0.1) is 0 Å². The Hall–Kier alpha value is -1.34. The third kappa shape index (κ3) is 3.35. The highest BCUT2D eigenvalue weighted by atomic mass is 14.9. The van der Waals surface area contributed by atoms with Gasteiger partial charge in [0.2, 0.25) is 0 Å². The van der Waals surface area contributed by atoms with Crippen molar-refractivity contribution >= 4 is 0 Å². The number of hydrogen-bond acceptors (Lipinski definition) is 1. The Morgan fingerprint density at radius 2 is 1.77 bits per heavy atom. The van der Waals surface area contributed by atoms with E-state index >= 15 is 0 Å². The highest BCUT2D eigenvalue weighted by molar-refractivity contribution is 5.52. The number of benzene rings is 1. The quantitative estimate of drug-likeness (QED) is 0.665. The van der Waals surface area contributed by atoms with Crippen LogP contribution < -0.4 is 5.32 Å². The average molecular weight is 297 g/mol. The molecular formula is C21H31N. The lowest BCUT2D eigenvalue weighted by molar-refractivity contribution is 0.395. The Labute approximate surface area is 136 Å². The third-order valence-electron chi connectivity index (χ3n) is 5.00. The van der Waals surface area contributed by atoms with Gasteiger partial charge >= 0.3 is 0 Å². The van der Waals surface area contributed by atoms with Crippen molar-refractivity contribution in [2.45, 2.75) is 65.8 Å². The van der Waals surface area contributed by atoms with Gasteiger partial charge in [0.05, 0.1) is 0 Å². The zero-order valence-corrected chi connectivity index (χ0v) is 15.1. The average Bonchev–Trinajstić information content (AvgIpc) is 2.72. The zero-order chi connectivity index (χ0) is 16.3. The minimum atomic E-state index is 0.00280. The molecule has 0 radical (unpaired) electrons. The molecule has 0 saturated heterocycles. The first-order valence-corrected chi connectivity index (χ1v) is 8.58. The maximum atomic E-state index is 3.75. The Bertz CT molecular complexity index is 590. The Morgan fingerprint density at radius 1 is 1.09 bits per heavy atom. The predicted molar refractivity (Wildman–Crippen MR) is 97.3 cm³/mol. The molecule has 1 aromatic carbocycles. The van der Waals surface area contributed by atoms with E-state index in [1.54, 1.807) is 0 Å². The van der Waals surface area contributed by atoms with Gasteiger partial charge in [-0.25, -0.2) is 0 Å². The normalized spacial score (nSPS) is 18.8. The lowest BCUT2D eigenvalue weighted by atomic mass is 9.80. The zero-order valence-electron chi connectivity index (χ0n) is 15.1. The van der Waals surface area contributed by atoms with Crippen molar-refractivity contribution in [2.75, 3.05) is 6.54 Å². The van der Waals surface area contributed by atoms with Gasteiger partial charge < -0.3 is 5.32 Å². The molecule has 0 spiro atoms. The molecule has 1 nitrogen and oxygen atoms in total. The minimum Gasteiger partial charge on any atom is -0.308 e. The first-order chi connectivity index (χ1) is 10.4. The number of allylic oxidation sites excluding steroid dienone is 4. The van der Waals surface area contributed by atoms with Gasteiger partial charge in [-0.05, 0) is 58.7 Å². The third-order valence-corrected chi connectivity index (χ3v) is 5.00. The molecule has 120 valence electrons. The van der Waals surface area contributed by atoms with E-state index in [0.717, 1.165) is 6.54 Å². The van der Waals surface area contributed by atoms with Gasteiger partial charge in [-0.3, -0.25) is 0 Å². The van der Waals surface area contributed by atoms with Gasteiger partial charge in [0.15, 0.2) is 0 Å². The van der Waals surface area contributed by atoms with Crippen LogP contribution in [0.25, 0.3) is 0 Å². The van der Waals surface area contributed by atoms with Gasteiger partial charge in [-0.1, -0.05) is 60.4 Å². The summed E-state index contributed by atoms with van der Waals surface area (Å²) in [5.41, 5.74) is 7.27. The van der Waals surface area contributed by atoms with Crippen molar-refractivity contribution in [1.29, 1.82) is 0 Å². The molecule has 1 N–H and O–H groups in total. The van der Waals surface area contributed by atoms with Crippen molar-refractivity contribution in [2.24, 2.45) is 0 Å². The molecule has 0 aromatic heterocycles. The van der Waals surface area contributed by atoms with Gasteiger partial charge in [0, 0.05) is 11.5 Å². The van der Waals surface area contributed by atoms with E-state index in [-0.39, 0.29) is 5.54 Å². The van der Waals surface area contributed by atoms with Crippen LogP contribution in [0.5, 0.6) is 0 Å². The van der Waals surface area contributed by atoms with E-state index in [9.17, 15) is 0 Å². The second-order valence-electron chi connectivity index (χ2n) is 7.18. The lowest BCUT2D eigenvalue weighted by Crippen LogP contribution is -2.38. The van der Waals surface area contributed by atoms with Crippen LogP contribution in [0.1, 0.15) is 71.4 Å². The second kappa shape index (κ2) is 6.83. The van der Waals surface area contributed by atoms with E-state index in [0.29, 0.717) is 5.92 Å². The summed E-state index contributed by atoms with van der Waals surface area (Å²) in [5, 5.41) is 3.75.